The molecule has 0 atom stereocenters. The van der Waals surface area contributed by atoms with Gasteiger partial charge in [-0.15, -0.1) is 0 Å². The fraction of sp³-hybridized carbons (Fsp3) is 0. The quantitative estimate of drug-likeness (QED) is 0.177. The molecule has 0 spiro atoms. The Morgan fingerprint density at radius 1 is 0.351 bits per heavy atom. The second-order valence-electron chi connectivity index (χ2n) is 14.6. The molecule has 5 heteroatoms. The molecular formula is C52H30N4O. The molecule has 0 N–H and O–H groups in total. The van der Waals surface area contributed by atoms with Crippen molar-refractivity contribution in [1.29, 1.82) is 0 Å². The van der Waals surface area contributed by atoms with Crippen LogP contribution in [0, 0.1) is 0 Å². The van der Waals surface area contributed by atoms with Crippen molar-refractivity contribution in [1.82, 2.24) is 19.9 Å². The Kier molecular flexibility index (Phi) is 6.86. The molecular weight excluding hydrogens is 697 g/mol. The first-order chi connectivity index (χ1) is 28.2. The summed E-state index contributed by atoms with van der Waals surface area (Å²) in [4.78, 5) is 20.7. The number of nitrogens with zero attached hydrogens (tertiary/aromatic N) is 4. The van der Waals surface area contributed by atoms with Crippen LogP contribution in [0.5, 0.6) is 0 Å². The monoisotopic (exact) mass is 726 g/mol. The smallest absolute Gasteiger partial charge is 0.183 e. The summed E-state index contributed by atoms with van der Waals surface area (Å²) in [5.41, 5.74) is 13.3. The van der Waals surface area contributed by atoms with Crippen molar-refractivity contribution in [3.63, 3.8) is 0 Å². The van der Waals surface area contributed by atoms with Crippen molar-refractivity contribution in [3.8, 4) is 78.8 Å². The molecule has 1 aliphatic rings. The maximum atomic E-state index is 6.81. The van der Waals surface area contributed by atoms with Gasteiger partial charge < -0.3 is 4.42 Å². The number of para-hydroxylation sites is 1. The SMILES string of the molecule is c1ccc(-c2ccc(-c3nc(-c4ccc5ccccc5c4)nc(-c4ncc(-c5ccc6c7c(cccc57)-c5ccccc5-6)c5oc6ccccc6c45)n3)cc2)cc1. The van der Waals surface area contributed by atoms with Gasteiger partial charge >= 0.3 is 0 Å². The summed E-state index contributed by atoms with van der Waals surface area (Å²) in [7, 11) is 0. The van der Waals surface area contributed by atoms with Crippen LogP contribution in [-0.2, 0) is 0 Å². The number of hydrogen-bond acceptors (Lipinski definition) is 5. The predicted molar refractivity (Wildman–Crippen MR) is 232 cm³/mol. The number of aromatic nitrogens is 4. The van der Waals surface area contributed by atoms with Crippen molar-refractivity contribution >= 4 is 43.5 Å². The third-order valence-electron chi connectivity index (χ3n) is 11.3. The van der Waals surface area contributed by atoms with Gasteiger partial charge in [0.05, 0.1) is 5.39 Å². The lowest BCUT2D eigenvalue weighted by Crippen LogP contribution is -2.02. The van der Waals surface area contributed by atoms with Crippen LogP contribution in [0.2, 0.25) is 0 Å². The third kappa shape index (κ3) is 4.96. The lowest BCUT2D eigenvalue weighted by Gasteiger charge is -2.12. The Bertz CT molecular complexity index is 3380. The first-order valence-corrected chi connectivity index (χ1v) is 19.1. The number of benzene rings is 8. The molecule has 12 rings (SSSR count). The highest BCUT2D eigenvalue weighted by Crippen LogP contribution is 2.50. The number of hydrogen-bond donors (Lipinski definition) is 0. The zero-order chi connectivity index (χ0) is 37.5. The Morgan fingerprint density at radius 3 is 1.79 bits per heavy atom. The van der Waals surface area contributed by atoms with Crippen LogP contribution in [-0.4, -0.2) is 19.9 Å². The molecule has 0 aliphatic heterocycles. The topological polar surface area (TPSA) is 64.7 Å². The van der Waals surface area contributed by atoms with E-state index < -0.39 is 0 Å². The van der Waals surface area contributed by atoms with Crippen molar-refractivity contribution in [2.75, 3.05) is 0 Å². The van der Waals surface area contributed by atoms with Crippen LogP contribution >= 0.6 is 0 Å². The molecule has 57 heavy (non-hydrogen) atoms. The summed E-state index contributed by atoms with van der Waals surface area (Å²) in [5, 5.41) is 6.52. The minimum atomic E-state index is 0.481. The van der Waals surface area contributed by atoms with E-state index in [1.807, 2.05) is 30.5 Å². The van der Waals surface area contributed by atoms with E-state index in [4.69, 9.17) is 24.4 Å². The summed E-state index contributed by atoms with van der Waals surface area (Å²) in [5.74, 6) is 1.63. The number of pyridine rings is 1. The fourth-order valence-electron chi connectivity index (χ4n) is 8.64. The second-order valence-corrected chi connectivity index (χ2v) is 14.6. The Balaban J connectivity index is 1.08. The predicted octanol–water partition coefficient (Wildman–Crippen LogP) is 13.5. The third-order valence-corrected chi connectivity index (χ3v) is 11.3. The van der Waals surface area contributed by atoms with E-state index in [2.05, 4.69) is 152 Å². The largest absolute Gasteiger partial charge is 0.455 e. The summed E-state index contributed by atoms with van der Waals surface area (Å²) in [6.07, 6.45) is 1.93. The summed E-state index contributed by atoms with van der Waals surface area (Å²) < 4.78 is 6.81. The molecule has 8 aromatic carbocycles. The van der Waals surface area contributed by atoms with Crippen LogP contribution in [0.15, 0.2) is 187 Å². The van der Waals surface area contributed by atoms with E-state index in [0.29, 0.717) is 23.2 Å². The van der Waals surface area contributed by atoms with Crippen LogP contribution in [0.25, 0.3) is 122 Å². The minimum absolute atomic E-state index is 0.481. The Labute approximate surface area is 327 Å². The fourth-order valence-corrected chi connectivity index (χ4v) is 8.64. The average molecular weight is 727 g/mol. The van der Waals surface area contributed by atoms with Crippen LogP contribution in [0.1, 0.15) is 0 Å². The number of rotatable bonds is 5. The van der Waals surface area contributed by atoms with E-state index in [-0.39, 0.29) is 0 Å². The summed E-state index contributed by atoms with van der Waals surface area (Å²) in [6, 6.07) is 61.3. The molecule has 0 amide bonds. The molecule has 11 aromatic rings. The van der Waals surface area contributed by atoms with Gasteiger partial charge in [-0.05, 0) is 72.6 Å². The number of fused-ring (bicyclic) bond motifs is 7. The standard InChI is InChI=1S/C52H30N4O/c1-2-11-31(12-3-1)33-21-24-34(25-22-33)50-54-51(36-26-23-32-13-4-5-14-35(32)29-36)56-52(55-50)48-47-43-17-8-9-20-45(43)57-49(47)44(30-53-48)39-27-28-42-38-16-7-6-15-37(38)40-18-10-19-41(39)46(40)42/h1-30H. The van der Waals surface area contributed by atoms with Gasteiger partial charge in [-0.3, -0.25) is 4.98 Å². The molecule has 0 fully saturated rings. The average Bonchev–Trinajstić information content (AvgIpc) is 3.84. The Morgan fingerprint density at radius 2 is 0.947 bits per heavy atom. The zero-order valence-corrected chi connectivity index (χ0v) is 30.5. The van der Waals surface area contributed by atoms with Crippen LogP contribution < -0.4 is 0 Å². The maximum Gasteiger partial charge on any atom is 0.183 e. The van der Waals surface area contributed by atoms with Crippen LogP contribution in [0.4, 0.5) is 0 Å². The minimum Gasteiger partial charge on any atom is -0.455 e. The van der Waals surface area contributed by atoms with Gasteiger partial charge in [0.2, 0.25) is 0 Å². The van der Waals surface area contributed by atoms with Crippen molar-refractivity contribution < 1.29 is 4.42 Å². The van der Waals surface area contributed by atoms with Crippen molar-refractivity contribution in [3.05, 3.63) is 182 Å². The van der Waals surface area contributed by atoms with E-state index in [0.717, 1.165) is 71.5 Å². The summed E-state index contributed by atoms with van der Waals surface area (Å²) in [6.45, 7) is 0. The van der Waals surface area contributed by atoms with Crippen LogP contribution in [0.3, 0.4) is 0 Å². The van der Waals surface area contributed by atoms with Gasteiger partial charge in [0.25, 0.3) is 0 Å². The normalized spacial score (nSPS) is 11.9. The highest BCUT2D eigenvalue weighted by molar-refractivity contribution is 6.21. The van der Waals surface area contributed by atoms with Gasteiger partial charge in [-0.1, -0.05) is 164 Å². The zero-order valence-electron chi connectivity index (χ0n) is 30.5. The van der Waals surface area contributed by atoms with Crippen molar-refractivity contribution in [2.45, 2.75) is 0 Å². The lowest BCUT2D eigenvalue weighted by molar-refractivity contribution is 0.669. The van der Waals surface area contributed by atoms with Gasteiger partial charge in [-0.25, -0.2) is 15.0 Å². The van der Waals surface area contributed by atoms with Crippen molar-refractivity contribution in [2.24, 2.45) is 0 Å². The number of furan rings is 1. The molecule has 0 unspecified atom stereocenters. The molecule has 0 radical (unpaired) electrons. The maximum absolute atomic E-state index is 6.81. The molecule has 1 aliphatic carbocycles. The first kappa shape index (κ1) is 31.6. The lowest BCUT2D eigenvalue weighted by atomic mass is 9.94. The molecule has 5 nitrogen and oxygen atoms in total. The Hall–Kier alpha value is -7.76. The van der Waals surface area contributed by atoms with Gasteiger partial charge in [0.1, 0.15) is 16.9 Å². The van der Waals surface area contributed by atoms with Gasteiger partial charge in [0.15, 0.2) is 17.5 Å². The van der Waals surface area contributed by atoms with Gasteiger partial charge in [0, 0.05) is 28.3 Å². The molecule has 0 bridgehead atoms. The highest BCUT2D eigenvalue weighted by Gasteiger charge is 2.26. The molecule has 3 heterocycles. The van der Waals surface area contributed by atoms with E-state index >= 15 is 0 Å². The molecule has 0 saturated carbocycles. The highest BCUT2D eigenvalue weighted by atomic mass is 16.3. The van der Waals surface area contributed by atoms with Gasteiger partial charge in [-0.2, -0.15) is 0 Å². The molecule has 3 aromatic heterocycles. The second kappa shape index (κ2) is 12.4. The van der Waals surface area contributed by atoms with E-state index in [1.54, 1.807) is 0 Å². The summed E-state index contributed by atoms with van der Waals surface area (Å²) >= 11 is 0. The molecule has 0 saturated heterocycles. The van der Waals surface area contributed by atoms with E-state index in [1.165, 1.54) is 27.6 Å². The van der Waals surface area contributed by atoms with E-state index in [9.17, 15) is 0 Å². The first-order valence-electron chi connectivity index (χ1n) is 19.1. The molecule has 264 valence electrons.